The van der Waals surface area contributed by atoms with Crippen LogP contribution < -0.4 is 10.5 Å². The van der Waals surface area contributed by atoms with Crippen molar-refractivity contribution in [3.8, 4) is 5.75 Å². The van der Waals surface area contributed by atoms with E-state index >= 15 is 0 Å². The second kappa shape index (κ2) is 10.1. The Morgan fingerprint density at radius 1 is 1.21 bits per heavy atom. The van der Waals surface area contributed by atoms with Gasteiger partial charge in [0.1, 0.15) is 16.2 Å². The van der Waals surface area contributed by atoms with Crippen LogP contribution in [0.25, 0.3) is 0 Å². The number of ether oxygens (including phenoxy) is 3. The van der Waals surface area contributed by atoms with Crippen LogP contribution in [-0.4, -0.2) is 50.6 Å². The fourth-order valence-electron chi connectivity index (χ4n) is 2.39. The third-order valence-corrected chi connectivity index (χ3v) is 4.91. The Hall–Kier alpha value is -1.88. The maximum atomic E-state index is 12.8. The zero-order valence-electron chi connectivity index (χ0n) is 16.9. The number of rotatable bonds is 10. The van der Waals surface area contributed by atoms with Crippen LogP contribution in [-0.2, 0) is 29.0 Å². The lowest BCUT2D eigenvalue weighted by molar-refractivity contribution is -0.169. The van der Waals surface area contributed by atoms with Crippen molar-refractivity contribution >= 4 is 21.7 Å². The molecule has 1 aromatic rings. The zero-order chi connectivity index (χ0) is 21.5. The molecule has 1 atom stereocenters. The lowest BCUT2D eigenvalue weighted by Crippen LogP contribution is -2.47. The molecule has 0 fully saturated rings. The first-order valence-corrected chi connectivity index (χ1v) is 10.4. The van der Waals surface area contributed by atoms with Gasteiger partial charge in [0.15, 0.2) is 6.29 Å². The van der Waals surface area contributed by atoms with Gasteiger partial charge in [-0.1, -0.05) is 0 Å². The number of nitrogen functional groups attached to an aromatic ring is 1. The number of nitrogens with two attached hydrogens (primary N) is 1. The maximum absolute atomic E-state index is 12.8. The Balaban J connectivity index is 3.16. The number of benzene rings is 1. The molecule has 160 valence electrons. The van der Waals surface area contributed by atoms with Crippen molar-refractivity contribution in [3.05, 3.63) is 18.2 Å². The molecule has 10 heteroatoms. The Morgan fingerprint density at radius 3 is 2.25 bits per heavy atom. The summed E-state index contributed by atoms with van der Waals surface area (Å²) in [5.74, 6) is -1.13. The van der Waals surface area contributed by atoms with Gasteiger partial charge < -0.3 is 25.1 Å². The van der Waals surface area contributed by atoms with Gasteiger partial charge in [-0.05, 0) is 46.8 Å². The number of carbonyl (C=O) groups excluding carboxylic acids is 1. The summed E-state index contributed by atoms with van der Waals surface area (Å²) in [6, 6.07) is 2.57. The minimum atomic E-state index is -4.20. The SMILES string of the molecule is CCOC(OCC)[C@H](CC(=O)OC(C)(C)C)NS(=O)(=O)c1ccc(N)cc1O. The third kappa shape index (κ3) is 7.63. The van der Waals surface area contributed by atoms with E-state index in [4.69, 9.17) is 19.9 Å². The first kappa shape index (κ1) is 24.2. The lowest BCUT2D eigenvalue weighted by Gasteiger charge is -2.28. The van der Waals surface area contributed by atoms with Crippen LogP contribution in [0.15, 0.2) is 23.1 Å². The second-order valence-electron chi connectivity index (χ2n) is 7.02. The van der Waals surface area contributed by atoms with Gasteiger partial charge in [0.2, 0.25) is 10.0 Å². The first-order chi connectivity index (χ1) is 12.9. The number of nitrogens with one attached hydrogen (secondary N) is 1. The molecule has 0 unspecified atom stereocenters. The van der Waals surface area contributed by atoms with Crippen LogP contribution in [0.5, 0.6) is 5.75 Å². The van der Waals surface area contributed by atoms with Crippen LogP contribution in [0.4, 0.5) is 5.69 Å². The molecule has 0 radical (unpaired) electrons. The minimum Gasteiger partial charge on any atom is -0.506 e. The molecule has 0 aliphatic heterocycles. The summed E-state index contributed by atoms with van der Waals surface area (Å²) in [5, 5.41) is 9.97. The summed E-state index contributed by atoms with van der Waals surface area (Å²) in [4.78, 5) is 11.9. The van der Waals surface area contributed by atoms with Crippen molar-refractivity contribution in [2.75, 3.05) is 18.9 Å². The van der Waals surface area contributed by atoms with Crippen LogP contribution in [0, 0.1) is 0 Å². The van der Waals surface area contributed by atoms with E-state index in [1.165, 1.54) is 12.1 Å². The van der Waals surface area contributed by atoms with Crippen LogP contribution in [0.1, 0.15) is 41.0 Å². The summed E-state index contributed by atoms with van der Waals surface area (Å²) < 4.78 is 44.2. The zero-order valence-corrected chi connectivity index (χ0v) is 17.7. The molecule has 0 saturated heterocycles. The van der Waals surface area contributed by atoms with Gasteiger partial charge in [0, 0.05) is 25.0 Å². The van der Waals surface area contributed by atoms with E-state index in [1.807, 2.05) is 0 Å². The van der Waals surface area contributed by atoms with Crippen molar-refractivity contribution in [3.63, 3.8) is 0 Å². The van der Waals surface area contributed by atoms with E-state index < -0.39 is 39.7 Å². The molecule has 9 nitrogen and oxygen atoms in total. The summed E-state index contributed by atoms with van der Waals surface area (Å²) >= 11 is 0. The summed E-state index contributed by atoms with van der Waals surface area (Å²) in [6.45, 7) is 9.04. The number of phenols is 1. The van der Waals surface area contributed by atoms with E-state index in [1.54, 1.807) is 34.6 Å². The largest absolute Gasteiger partial charge is 0.506 e. The summed E-state index contributed by atoms with van der Waals surface area (Å²) in [7, 11) is -4.20. The molecule has 1 rings (SSSR count). The van der Waals surface area contributed by atoms with Gasteiger partial charge >= 0.3 is 5.97 Å². The first-order valence-electron chi connectivity index (χ1n) is 8.95. The molecule has 4 N–H and O–H groups in total. The molecule has 1 aromatic carbocycles. The molecule has 0 aliphatic rings. The monoisotopic (exact) mass is 418 g/mol. The van der Waals surface area contributed by atoms with E-state index in [0.29, 0.717) is 0 Å². The van der Waals surface area contributed by atoms with E-state index in [2.05, 4.69) is 4.72 Å². The molecular formula is C18H30N2O7S. The fraction of sp³-hybridized carbons (Fsp3) is 0.611. The highest BCUT2D eigenvalue weighted by Crippen LogP contribution is 2.25. The molecule has 28 heavy (non-hydrogen) atoms. The number of esters is 1. The summed E-state index contributed by atoms with van der Waals surface area (Å²) in [6.07, 6.45) is -1.34. The highest BCUT2D eigenvalue weighted by molar-refractivity contribution is 7.89. The van der Waals surface area contributed by atoms with Crippen molar-refractivity contribution in [2.45, 2.75) is 63.9 Å². The summed E-state index contributed by atoms with van der Waals surface area (Å²) in [5.41, 5.74) is 5.03. The number of hydrogen-bond donors (Lipinski definition) is 3. The Kier molecular flexibility index (Phi) is 8.68. The van der Waals surface area contributed by atoms with Gasteiger partial charge in [-0.3, -0.25) is 4.79 Å². The standard InChI is InChI=1S/C18H30N2O7S/c1-6-25-17(26-7-2)13(11-16(22)27-18(3,4)5)20-28(23,24)15-9-8-12(19)10-14(15)21/h8-10,13,17,20-21H,6-7,11,19H2,1-5H3/t13-/m0/s1. The van der Waals surface area contributed by atoms with Crippen LogP contribution >= 0.6 is 0 Å². The molecule has 0 heterocycles. The highest BCUT2D eigenvalue weighted by atomic mass is 32.2. The van der Waals surface area contributed by atoms with Crippen molar-refractivity contribution in [1.82, 2.24) is 4.72 Å². The molecule has 0 amide bonds. The molecular weight excluding hydrogens is 388 g/mol. The fourth-order valence-corrected chi connectivity index (χ4v) is 3.69. The van der Waals surface area contributed by atoms with Gasteiger partial charge in [0.05, 0.1) is 12.5 Å². The third-order valence-electron chi connectivity index (χ3n) is 3.38. The quantitative estimate of drug-likeness (QED) is 0.297. The van der Waals surface area contributed by atoms with Crippen LogP contribution in [0.2, 0.25) is 0 Å². The normalized spacial score (nSPS) is 13.5. The Morgan fingerprint density at radius 2 is 1.79 bits per heavy atom. The number of phenolic OH excluding ortho intramolecular Hbond substituents is 1. The van der Waals surface area contributed by atoms with Crippen molar-refractivity contribution < 1.29 is 32.5 Å². The average molecular weight is 419 g/mol. The molecule has 0 aliphatic carbocycles. The Labute approximate surface area is 166 Å². The second-order valence-corrected chi connectivity index (χ2v) is 8.71. The molecule has 0 spiro atoms. The van der Waals surface area contributed by atoms with Gasteiger partial charge in [-0.2, -0.15) is 0 Å². The number of hydrogen-bond acceptors (Lipinski definition) is 8. The number of anilines is 1. The smallest absolute Gasteiger partial charge is 0.308 e. The van der Waals surface area contributed by atoms with Crippen molar-refractivity contribution in [1.29, 1.82) is 0 Å². The predicted octanol–water partition coefficient (Wildman–Crippen LogP) is 1.75. The number of carbonyl (C=O) groups is 1. The molecule has 0 aromatic heterocycles. The molecule has 0 saturated carbocycles. The van der Waals surface area contributed by atoms with E-state index in [9.17, 15) is 18.3 Å². The highest BCUT2D eigenvalue weighted by Gasteiger charge is 2.33. The van der Waals surface area contributed by atoms with Gasteiger partial charge in [-0.15, -0.1) is 0 Å². The number of aromatic hydroxyl groups is 1. The predicted molar refractivity (Wildman–Crippen MR) is 104 cm³/mol. The minimum absolute atomic E-state index is 0.211. The van der Waals surface area contributed by atoms with Gasteiger partial charge in [-0.25, -0.2) is 13.1 Å². The van der Waals surface area contributed by atoms with Crippen molar-refractivity contribution in [2.24, 2.45) is 0 Å². The lowest BCUT2D eigenvalue weighted by atomic mass is 10.1. The van der Waals surface area contributed by atoms with Gasteiger partial charge in [0.25, 0.3) is 0 Å². The topological polar surface area (TPSA) is 137 Å². The maximum Gasteiger partial charge on any atom is 0.308 e. The Bertz CT molecular complexity index is 754. The number of sulfonamides is 1. The van der Waals surface area contributed by atoms with E-state index in [0.717, 1.165) is 6.07 Å². The average Bonchev–Trinajstić information content (AvgIpc) is 2.51. The van der Waals surface area contributed by atoms with Crippen LogP contribution in [0.3, 0.4) is 0 Å². The van der Waals surface area contributed by atoms with E-state index in [-0.39, 0.29) is 30.2 Å². The molecule has 0 bridgehead atoms.